The first kappa shape index (κ1) is 17.1. The van der Waals surface area contributed by atoms with Gasteiger partial charge in [0.25, 0.3) is 0 Å². The summed E-state index contributed by atoms with van der Waals surface area (Å²) in [4.78, 5) is 32.2. The Balaban J connectivity index is 4.17. The minimum atomic E-state index is -3.72. The van der Waals surface area contributed by atoms with Crippen molar-refractivity contribution in [2.24, 2.45) is 5.14 Å². The predicted octanol–water partition coefficient (Wildman–Crippen LogP) is -2.11. The maximum absolute atomic E-state index is 11.2. The quantitative estimate of drug-likeness (QED) is 0.340. The van der Waals surface area contributed by atoms with Gasteiger partial charge in [0.1, 0.15) is 6.04 Å². The number of sulfonamides is 1. The maximum atomic E-state index is 11.2. The Morgan fingerprint density at radius 1 is 1.21 bits per heavy atom. The van der Waals surface area contributed by atoms with Gasteiger partial charge in [-0.05, 0) is 6.42 Å². The molecule has 0 rings (SSSR count). The zero-order chi connectivity index (χ0) is 15.1. The molecule has 11 heteroatoms. The molecular formula is C8H15N3O7S. The van der Waals surface area contributed by atoms with Crippen LogP contribution in [0, 0.1) is 0 Å². The van der Waals surface area contributed by atoms with Crippen LogP contribution in [0.4, 0.5) is 4.79 Å². The molecule has 0 heterocycles. The van der Waals surface area contributed by atoms with Crippen molar-refractivity contribution < 1.29 is 33.0 Å². The SMILES string of the molecule is NS(=O)(=O)CCNC(=O)N[C@@H](CCC(=O)O)C(=O)O. The number of hydrogen-bond acceptors (Lipinski definition) is 5. The number of aliphatic carboxylic acids is 2. The molecule has 0 aromatic heterocycles. The highest BCUT2D eigenvalue weighted by molar-refractivity contribution is 7.89. The van der Waals surface area contributed by atoms with Gasteiger partial charge in [-0.3, -0.25) is 4.79 Å². The summed E-state index contributed by atoms with van der Waals surface area (Å²) in [6.07, 6.45) is -0.707. The molecule has 2 amide bonds. The zero-order valence-electron chi connectivity index (χ0n) is 9.83. The van der Waals surface area contributed by atoms with E-state index in [4.69, 9.17) is 15.4 Å². The van der Waals surface area contributed by atoms with Crippen LogP contribution in [-0.2, 0) is 19.6 Å². The standard InChI is InChI=1S/C8H15N3O7S/c9-19(17,18)4-3-10-8(16)11-5(7(14)15)1-2-6(12)13/h5H,1-4H2,(H,12,13)(H,14,15)(H2,9,17,18)(H2,10,11,16)/t5-/m0/s1. The molecule has 0 unspecified atom stereocenters. The Morgan fingerprint density at radius 2 is 1.79 bits per heavy atom. The smallest absolute Gasteiger partial charge is 0.326 e. The molecule has 10 nitrogen and oxygen atoms in total. The molecule has 6 N–H and O–H groups in total. The van der Waals surface area contributed by atoms with Crippen LogP contribution in [0.2, 0.25) is 0 Å². The monoisotopic (exact) mass is 297 g/mol. The lowest BCUT2D eigenvalue weighted by molar-refractivity contribution is -0.140. The van der Waals surface area contributed by atoms with Gasteiger partial charge in [-0.25, -0.2) is 23.1 Å². The van der Waals surface area contributed by atoms with Crippen molar-refractivity contribution in [3.63, 3.8) is 0 Å². The third kappa shape index (κ3) is 9.79. The van der Waals surface area contributed by atoms with Gasteiger partial charge in [-0.15, -0.1) is 0 Å². The number of hydrogen-bond donors (Lipinski definition) is 5. The molecule has 0 spiro atoms. The molecule has 0 fully saturated rings. The van der Waals surface area contributed by atoms with E-state index in [2.05, 4.69) is 5.32 Å². The van der Waals surface area contributed by atoms with Crippen LogP contribution in [0.5, 0.6) is 0 Å². The Labute approximate surface area is 109 Å². The van der Waals surface area contributed by atoms with E-state index in [1.807, 2.05) is 5.32 Å². The molecule has 0 aliphatic carbocycles. The zero-order valence-corrected chi connectivity index (χ0v) is 10.6. The van der Waals surface area contributed by atoms with Gasteiger partial charge in [-0.1, -0.05) is 0 Å². The fraction of sp³-hybridized carbons (Fsp3) is 0.625. The van der Waals surface area contributed by atoms with Crippen LogP contribution >= 0.6 is 0 Å². The molecule has 0 aromatic rings. The average molecular weight is 297 g/mol. The second-order valence-corrected chi connectivity index (χ2v) is 5.32. The summed E-state index contributed by atoms with van der Waals surface area (Å²) in [7, 11) is -3.72. The highest BCUT2D eigenvalue weighted by Crippen LogP contribution is 1.97. The number of primary sulfonamides is 1. The van der Waals surface area contributed by atoms with Gasteiger partial charge in [0, 0.05) is 13.0 Å². The fourth-order valence-corrected chi connectivity index (χ4v) is 1.43. The lowest BCUT2D eigenvalue weighted by Gasteiger charge is -2.14. The molecule has 110 valence electrons. The number of carbonyl (C=O) groups excluding carboxylic acids is 1. The van der Waals surface area contributed by atoms with Crippen LogP contribution in [0.25, 0.3) is 0 Å². The van der Waals surface area contributed by atoms with E-state index >= 15 is 0 Å². The van der Waals surface area contributed by atoms with E-state index in [0.29, 0.717) is 0 Å². The number of amides is 2. The minimum Gasteiger partial charge on any atom is -0.481 e. The Hall–Kier alpha value is -1.88. The summed E-state index contributed by atoms with van der Waals surface area (Å²) in [5.74, 6) is -3.07. The molecule has 0 aromatic carbocycles. The van der Waals surface area contributed by atoms with E-state index in [1.54, 1.807) is 0 Å². The maximum Gasteiger partial charge on any atom is 0.326 e. The molecule has 19 heavy (non-hydrogen) atoms. The van der Waals surface area contributed by atoms with Crippen molar-refractivity contribution in [1.82, 2.24) is 10.6 Å². The Morgan fingerprint density at radius 3 is 2.21 bits per heavy atom. The Kier molecular flexibility index (Phi) is 6.79. The Bertz CT molecular complexity index is 447. The van der Waals surface area contributed by atoms with Crippen LogP contribution in [-0.4, -0.2) is 54.9 Å². The topological polar surface area (TPSA) is 176 Å². The van der Waals surface area contributed by atoms with E-state index < -0.39 is 46.2 Å². The second-order valence-electron chi connectivity index (χ2n) is 3.59. The third-order valence-corrected chi connectivity index (χ3v) is 2.70. The second kappa shape index (κ2) is 7.53. The number of nitrogens with one attached hydrogen (secondary N) is 2. The number of carbonyl (C=O) groups is 3. The van der Waals surface area contributed by atoms with Crippen molar-refractivity contribution in [3.8, 4) is 0 Å². The summed E-state index contributed by atoms with van der Waals surface area (Å²) in [5.41, 5.74) is 0. The first-order valence-electron chi connectivity index (χ1n) is 5.11. The van der Waals surface area contributed by atoms with Crippen molar-refractivity contribution in [2.45, 2.75) is 18.9 Å². The highest BCUT2D eigenvalue weighted by atomic mass is 32.2. The van der Waals surface area contributed by atoms with Crippen LogP contribution in [0.3, 0.4) is 0 Å². The van der Waals surface area contributed by atoms with Crippen LogP contribution < -0.4 is 15.8 Å². The van der Waals surface area contributed by atoms with Crippen LogP contribution in [0.15, 0.2) is 0 Å². The highest BCUT2D eigenvalue weighted by Gasteiger charge is 2.20. The van der Waals surface area contributed by atoms with Crippen molar-refractivity contribution >= 4 is 28.0 Å². The van der Waals surface area contributed by atoms with Gasteiger partial charge in [0.15, 0.2) is 0 Å². The summed E-state index contributed by atoms with van der Waals surface area (Å²) < 4.78 is 21.1. The largest absolute Gasteiger partial charge is 0.481 e. The van der Waals surface area contributed by atoms with Crippen molar-refractivity contribution in [2.75, 3.05) is 12.3 Å². The number of carboxylic acids is 2. The van der Waals surface area contributed by atoms with Gasteiger partial charge < -0.3 is 20.8 Å². The van der Waals surface area contributed by atoms with Gasteiger partial charge in [0.05, 0.1) is 5.75 Å². The van der Waals surface area contributed by atoms with Crippen LogP contribution in [0.1, 0.15) is 12.8 Å². The minimum absolute atomic E-state index is 0.282. The summed E-state index contributed by atoms with van der Waals surface area (Å²) in [5, 5.41) is 25.9. The molecule has 0 bridgehead atoms. The first-order valence-corrected chi connectivity index (χ1v) is 6.83. The third-order valence-electron chi connectivity index (χ3n) is 1.92. The molecule has 0 radical (unpaired) electrons. The number of carboxylic acid groups (broad SMARTS) is 2. The fourth-order valence-electron chi connectivity index (χ4n) is 1.04. The number of rotatable bonds is 8. The molecular weight excluding hydrogens is 282 g/mol. The van der Waals surface area contributed by atoms with Gasteiger partial charge in [0.2, 0.25) is 10.0 Å². The molecule has 0 saturated carbocycles. The van der Waals surface area contributed by atoms with Gasteiger partial charge in [-0.2, -0.15) is 0 Å². The number of nitrogens with two attached hydrogens (primary N) is 1. The summed E-state index contributed by atoms with van der Waals surface area (Å²) in [6.45, 7) is -0.282. The van der Waals surface area contributed by atoms with E-state index in [0.717, 1.165) is 0 Å². The average Bonchev–Trinajstić information content (AvgIpc) is 2.21. The normalized spacial score (nSPS) is 12.5. The first-order chi connectivity index (χ1) is 8.61. The van der Waals surface area contributed by atoms with Crippen molar-refractivity contribution in [3.05, 3.63) is 0 Å². The lowest BCUT2D eigenvalue weighted by atomic mass is 10.1. The number of urea groups is 1. The summed E-state index contributed by atoms with van der Waals surface area (Å²) in [6, 6.07) is -2.29. The van der Waals surface area contributed by atoms with Gasteiger partial charge >= 0.3 is 18.0 Å². The van der Waals surface area contributed by atoms with E-state index in [9.17, 15) is 22.8 Å². The molecule has 0 aliphatic rings. The van der Waals surface area contributed by atoms with E-state index in [1.165, 1.54) is 0 Å². The summed E-state index contributed by atoms with van der Waals surface area (Å²) >= 11 is 0. The molecule has 0 aliphatic heterocycles. The van der Waals surface area contributed by atoms with Crippen molar-refractivity contribution in [1.29, 1.82) is 0 Å². The molecule has 1 atom stereocenters. The predicted molar refractivity (Wildman–Crippen MR) is 62.8 cm³/mol. The van der Waals surface area contributed by atoms with E-state index in [-0.39, 0.29) is 13.0 Å². The lowest BCUT2D eigenvalue weighted by Crippen LogP contribution is -2.47. The molecule has 0 saturated heterocycles.